The van der Waals surface area contributed by atoms with E-state index in [1.54, 1.807) is 0 Å². The number of amides is 1. The van der Waals surface area contributed by atoms with Crippen molar-refractivity contribution >= 4 is 17.2 Å². The maximum absolute atomic E-state index is 11.8. The summed E-state index contributed by atoms with van der Waals surface area (Å²) in [5.41, 5.74) is 1.85. The van der Waals surface area contributed by atoms with Gasteiger partial charge in [0.15, 0.2) is 0 Å². The minimum Gasteiger partial charge on any atom is -0.361 e. The highest BCUT2D eigenvalue weighted by Gasteiger charge is 2.15. The second kappa shape index (κ2) is 5.35. The molecule has 1 N–H and O–H groups in total. The Morgan fingerprint density at radius 3 is 2.83 bits per heavy atom. The fraction of sp³-hybridized carbons (Fsp3) is 0.385. The van der Waals surface area contributed by atoms with Crippen LogP contribution < -0.4 is 5.32 Å². The number of nitrogens with one attached hydrogen (secondary N) is 1. The Morgan fingerprint density at radius 1 is 1.44 bits per heavy atom. The van der Waals surface area contributed by atoms with E-state index in [2.05, 4.69) is 10.5 Å². The molecule has 4 nitrogen and oxygen atoms in total. The molecule has 2 heterocycles. The minimum absolute atomic E-state index is 0.0140. The first-order chi connectivity index (χ1) is 8.63. The van der Waals surface area contributed by atoms with E-state index in [4.69, 9.17) is 4.52 Å². The zero-order valence-electron chi connectivity index (χ0n) is 10.7. The van der Waals surface area contributed by atoms with Crippen LogP contribution in [0.2, 0.25) is 0 Å². The van der Waals surface area contributed by atoms with Crippen molar-refractivity contribution in [3.63, 3.8) is 0 Å². The fourth-order valence-electron chi connectivity index (χ4n) is 1.75. The Morgan fingerprint density at radius 2 is 2.22 bits per heavy atom. The molecule has 0 bridgehead atoms. The van der Waals surface area contributed by atoms with Crippen LogP contribution >= 0.6 is 11.3 Å². The normalized spacial score (nSPS) is 10.6. The molecule has 0 radical (unpaired) electrons. The van der Waals surface area contributed by atoms with E-state index in [1.807, 2.05) is 32.9 Å². The summed E-state index contributed by atoms with van der Waals surface area (Å²) in [5.74, 6) is 0.773. The summed E-state index contributed by atoms with van der Waals surface area (Å²) in [4.78, 5) is 13.6. The molecule has 18 heavy (non-hydrogen) atoms. The maximum Gasteiger partial charge on any atom is 0.261 e. The van der Waals surface area contributed by atoms with Crippen LogP contribution in [0.3, 0.4) is 0 Å². The lowest BCUT2D eigenvalue weighted by molar-refractivity contribution is 0.0957. The van der Waals surface area contributed by atoms with E-state index >= 15 is 0 Å². The molecule has 0 atom stereocenters. The highest BCUT2D eigenvalue weighted by Crippen LogP contribution is 2.32. The maximum atomic E-state index is 11.8. The number of hydrogen-bond donors (Lipinski definition) is 1. The van der Waals surface area contributed by atoms with Crippen molar-refractivity contribution in [2.75, 3.05) is 6.54 Å². The van der Waals surface area contributed by atoms with Crippen LogP contribution in [0.15, 0.2) is 16.7 Å². The SMILES string of the molecule is CCCNC(=O)c1ccc(-c2c(C)noc2C)s1. The van der Waals surface area contributed by atoms with Gasteiger partial charge in [-0.3, -0.25) is 4.79 Å². The van der Waals surface area contributed by atoms with E-state index in [1.165, 1.54) is 11.3 Å². The highest BCUT2D eigenvalue weighted by molar-refractivity contribution is 7.17. The number of carbonyl (C=O) groups is 1. The monoisotopic (exact) mass is 264 g/mol. The molecule has 0 aliphatic heterocycles. The summed E-state index contributed by atoms with van der Waals surface area (Å²) in [6.45, 7) is 6.52. The van der Waals surface area contributed by atoms with E-state index < -0.39 is 0 Å². The van der Waals surface area contributed by atoms with Crippen LogP contribution in [-0.4, -0.2) is 17.6 Å². The van der Waals surface area contributed by atoms with Gasteiger partial charge in [-0.1, -0.05) is 12.1 Å². The van der Waals surface area contributed by atoms with E-state index in [9.17, 15) is 4.79 Å². The predicted octanol–water partition coefficient (Wildman–Crippen LogP) is 3.16. The van der Waals surface area contributed by atoms with Crippen molar-refractivity contribution in [1.82, 2.24) is 10.5 Å². The van der Waals surface area contributed by atoms with Crippen molar-refractivity contribution in [2.24, 2.45) is 0 Å². The van der Waals surface area contributed by atoms with Gasteiger partial charge in [0.1, 0.15) is 5.76 Å². The van der Waals surface area contributed by atoms with Crippen molar-refractivity contribution in [3.8, 4) is 10.4 Å². The Hall–Kier alpha value is -1.62. The van der Waals surface area contributed by atoms with Crippen molar-refractivity contribution in [1.29, 1.82) is 0 Å². The summed E-state index contributed by atoms with van der Waals surface area (Å²) in [5, 5.41) is 6.80. The molecule has 2 rings (SSSR count). The average Bonchev–Trinajstić information content (AvgIpc) is 2.93. The van der Waals surface area contributed by atoms with E-state index in [0.29, 0.717) is 6.54 Å². The highest BCUT2D eigenvalue weighted by atomic mass is 32.1. The Kier molecular flexibility index (Phi) is 3.81. The van der Waals surface area contributed by atoms with Crippen LogP contribution in [0, 0.1) is 13.8 Å². The van der Waals surface area contributed by atoms with E-state index in [-0.39, 0.29) is 5.91 Å². The third-order valence-corrected chi connectivity index (χ3v) is 3.75. The summed E-state index contributed by atoms with van der Waals surface area (Å²) in [7, 11) is 0. The summed E-state index contributed by atoms with van der Waals surface area (Å²) in [6.07, 6.45) is 0.938. The van der Waals surface area contributed by atoms with Crippen molar-refractivity contribution in [3.05, 3.63) is 28.5 Å². The first kappa shape index (κ1) is 12.8. The molecule has 0 saturated carbocycles. The van der Waals surface area contributed by atoms with Crippen LogP contribution in [0.1, 0.15) is 34.5 Å². The first-order valence-electron chi connectivity index (χ1n) is 5.94. The van der Waals surface area contributed by atoms with Gasteiger partial charge in [0.2, 0.25) is 0 Å². The third-order valence-electron chi connectivity index (χ3n) is 2.65. The summed E-state index contributed by atoms with van der Waals surface area (Å²) in [6, 6.07) is 3.79. The molecule has 2 aromatic rings. The minimum atomic E-state index is -0.0140. The van der Waals surface area contributed by atoms with Gasteiger partial charge in [0, 0.05) is 11.4 Å². The Bertz CT molecular complexity index is 538. The van der Waals surface area contributed by atoms with Crippen LogP contribution in [0.4, 0.5) is 0 Å². The summed E-state index contributed by atoms with van der Waals surface area (Å²) >= 11 is 1.47. The Balaban J connectivity index is 2.23. The number of rotatable bonds is 4. The zero-order chi connectivity index (χ0) is 13.1. The molecule has 0 spiro atoms. The molecule has 0 aliphatic rings. The van der Waals surface area contributed by atoms with Crippen molar-refractivity contribution < 1.29 is 9.32 Å². The standard InChI is InChI=1S/C13H16N2O2S/c1-4-7-14-13(16)11-6-5-10(18-11)12-8(2)15-17-9(12)3/h5-6H,4,7H2,1-3H3,(H,14,16). The first-order valence-corrected chi connectivity index (χ1v) is 6.76. The smallest absolute Gasteiger partial charge is 0.261 e. The van der Waals surface area contributed by atoms with Crippen LogP contribution in [0.25, 0.3) is 10.4 Å². The molecule has 96 valence electrons. The number of aromatic nitrogens is 1. The second-order valence-electron chi connectivity index (χ2n) is 4.12. The molecule has 0 saturated heterocycles. The molecular formula is C13H16N2O2S. The lowest BCUT2D eigenvalue weighted by atomic mass is 10.2. The molecule has 0 aliphatic carbocycles. The second-order valence-corrected chi connectivity index (χ2v) is 5.20. The molecule has 2 aromatic heterocycles. The number of aryl methyl sites for hydroxylation is 2. The van der Waals surface area contributed by atoms with E-state index in [0.717, 1.165) is 33.2 Å². The molecule has 1 amide bonds. The third kappa shape index (κ3) is 2.46. The van der Waals surface area contributed by atoms with Gasteiger partial charge in [-0.05, 0) is 32.4 Å². The van der Waals surface area contributed by atoms with Gasteiger partial charge in [-0.15, -0.1) is 11.3 Å². The molecule has 5 heteroatoms. The number of carbonyl (C=O) groups excluding carboxylic acids is 1. The number of hydrogen-bond acceptors (Lipinski definition) is 4. The summed E-state index contributed by atoms with van der Waals surface area (Å²) < 4.78 is 5.14. The van der Waals surface area contributed by atoms with Gasteiger partial charge in [0.05, 0.1) is 16.1 Å². The largest absolute Gasteiger partial charge is 0.361 e. The number of thiophene rings is 1. The molecule has 0 fully saturated rings. The fourth-order valence-corrected chi connectivity index (χ4v) is 2.82. The topological polar surface area (TPSA) is 55.1 Å². The van der Waals surface area contributed by atoms with Gasteiger partial charge in [0.25, 0.3) is 5.91 Å². The average molecular weight is 264 g/mol. The van der Waals surface area contributed by atoms with Gasteiger partial charge in [-0.25, -0.2) is 0 Å². The lowest BCUT2D eigenvalue weighted by Gasteiger charge is -1.99. The Labute approximate surface area is 110 Å². The van der Waals surface area contributed by atoms with Crippen LogP contribution in [0.5, 0.6) is 0 Å². The zero-order valence-corrected chi connectivity index (χ0v) is 11.6. The lowest BCUT2D eigenvalue weighted by Crippen LogP contribution is -2.22. The van der Waals surface area contributed by atoms with Crippen molar-refractivity contribution in [2.45, 2.75) is 27.2 Å². The molecular weight excluding hydrogens is 248 g/mol. The predicted molar refractivity (Wildman–Crippen MR) is 71.9 cm³/mol. The molecule has 0 aromatic carbocycles. The van der Waals surface area contributed by atoms with Gasteiger partial charge in [-0.2, -0.15) is 0 Å². The van der Waals surface area contributed by atoms with Gasteiger partial charge < -0.3 is 9.84 Å². The molecule has 0 unspecified atom stereocenters. The van der Waals surface area contributed by atoms with Crippen LogP contribution in [-0.2, 0) is 0 Å². The number of nitrogens with zero attached hydrogens (tertiary/aromatic N) is 1. The van der Waals surface area contributed by atoms with Gasteiger partial charge >= 0.3 is 0 Å². The quantitative estimate of drug-likeness (QED) is 0.922.